The molecule has 0 unspecified atom stereocenters. The topological polar surface area (TPSA) is 54.5 Å². The van der Waals surface area contributed by atoms with Gasteiger partial charge in [-0.05, 0) is 31.2 Å². The summed E-state index contributed by atoms with van der Waals surface area (Å²) in [6.45, 7) is 1.94. The van der Waals surface area contributed by atoms with E-state index in [1.54, 1.807) is 16.9 Å². The Morgan fingerprint density at radius 2 is 2.16 bits per heavy atom. The standard InChI is InChI=1S/C14H9BrN4/c1-9-3-2-4-14(18-9)19-13-6-11(15)5-10(7-16)12(13)8-17-19/h2-6,8H,1H3. The van der Waals surface area contributed by atoms with Gasteiger partial charge in [-0.2, -0.15) is 10.4 Å². The highest BCUT2D eigenvalue weighted by Crippen LogP contribution is 2.25. The van der Waals surface area contributed by atoms with E-state index in [1.165, 1.54) is 0 Å². The molecule has 1 aromatic carbocycles. The summed E-state index contributed by atoms with van der Waals surface area (Å²) in [6, 6.07) is 11.7. The van der Waals surface area contributed by atoms with Crippen LogP contribution < -0.4 is 0 Å². The van der Waals surface area contributed by atoms with Crippen molar-refractivity contribution in [1.29, 1.82) is 5.26 Å². The molecular weight excluding hydrogens is 304 g/mol. The molecule has 2 aromatic heterocycles. The number of rotatable bonds is 1. The minimum absolute atomic E-state index is 0.600. The van der Waals surface area contributed by atoms with Gasteiger partial charge in [0.15, 0.2) is 5.82 Å². The van der Waals surface area contributed by atoms with Gasteiger partial charge in [-0.25, -0.2) is 9.67 Å². The predicted molar refractivity (Wildman–Crippen MR) is 76.0 cm³/mol. The Labute approximate surface area is 118 Å². The number of pyridine rings is 1. The minimum atomic E-state index is 0.600. The van der Waals surface area contributed by atoms with E-state index in [2.05, 4.69) is 32.1 Å². The molecule has 0 fully saturated rings. The first-order chi connectivity index (χ1) is 9.19. The second-order valence-corrected chi connectivity index (χ2v) is 5.11. The number of hydrogen-bond acceptors (Lipinski definition) is 3. The summed E-state index contributed by atoms with van der Waals surface area (Å²) in [6.07, 6.45) is 1.70. The Balaban J connectivity index is 2.32. The van der Waals surface area contributed by atoms with Gasteiger partial charge in [0, 0.05) is 15.6 Å². The lowest BCUT2D eigenvalue weighted by atomic mass is 10.1. The third-order valence-electron chi connectivity index (χ3n) is 2.86. The number of halogens is 1. The molecule has 0 aliphatic rings. The zero-order valence-corrected chi connectivity index (χ0v) is 11.7. The van der Waals surface area contributed by atoms with Crippen LogP contribution in [-0.4, -0.2) is 14.8 Å². The van der Waals surface area contributed by atoms with Gasteiger partial charge in [0.05, 0.1) is 23.3 Å². The predicted octanol–water partition coefficient (Wildman–Crippen LogP) is 3.36. The molecular formula is C14H9BrN4. The van der Waals surface area contributed by atoms with Crippen LogP contribution in [0.1, 0.15) is 11.3 Å². The monoisotopic (exact) mass is 312 g/mol. The van der Waals surface area contributed by atoms with Gasteiger partial charge in [0.1, 0.15) is 0 Å². The van der Waals surface area contributed by atoms with Crippen molar-refractivity contribution >= 4 is 26.8 Å². The molecule has 92 valence electrons. The Morgan fingerprint density at radius 1 is 1.32 bits per heavy atom. The van der Waals surface area contributed by atoms with Crippen molar-refractivity contribution in [2.24, 2.45) is 0 Å². The average molecular weight is 313 g/mol. The third-order valence-corrected chi connectivity index (χ3v) is 3.32. The van der Waals surface area contributed by atoms with E-state index in [-0.39, 0.29) is 0 Å². The number of hydrogen-bond donors (Lipinski definition) is 0. The maximum absolute atomic E-state index is 9.16. The van der Waals surface area contributed by atoms with E-state index in [9.17, 15) is 0 Å². The molecule has 0 aliphatic carbocycles. The Hall–Kier alpha value is -2.19. The smallest absolute Gasteiger partial charge is 0.154 e. The molecule has 0 atom stereocenters. The summed E-state index contributed by atoms with van der Waals surface area (Å²) in [5, 5.41) is 14.3. The van der Waals surface area contributed by atoms with Gasteiger partial charge >= 0.3 is 0 Å². The third kappa shape index (κ3) is 2.00. The molecule has 4 nitrogen and oxygen atoms in total. The van der Waals surface area contributed by atoms with Crippen molar-refractivity contribution in [3.05, 3.63) is 52.3 Å². The molecule has 0 bridgehead atoms. The Kier molecular flexibility index (Phi) is 2.80. The van der Waals surface area contributed by atoms with Crippen LogP contribution in [0, 0.1) is 18.3 Å². The van der Waals surface area contributed by atoms with Crippen LogP contribution in [0.3, 0.4) is 0 Å². The fourth-order valence-corrected chi connectivity index (χ4v) is 2.46. The minimum Gasteiger partial charge on any atom is -0.234 e. The van der Waals surface area contributed by atoms with Crippen molar-refractivity contribution in [2.75, 3.05) is 0 Å². The second kappa shape index (κ2) is 4.48. The second-order valence-electron chi connectivity index (χ2n) is 4.19. The molecule has 5 heteroatoms. The van der Waals surface area contributed by atoms with Gasteiger partial charge < -0.3 is 0 Å². The van der Waals surface area contributed by atoms with E-state index in [0.29, 0.717) is 5.56 Å². The molecule has 0 aliphatic heterocycles. The molecule has 3 aromatic rings. The van der Waals surface area contributed by atoms with Crippen LogP contribution in [0.4, 0.5) is 0 Å². The summed E-state index contributed by atoms with van der Waals surface area (Å²) in [5.41, 5.74) is 2.39. The highest BCUT2D eigenvalue weighted by molar-refractivity contribution is 9.10. The van der Waals surface area contributed by atoms with Crippen LogP contribution in [0.15, 0.2) is 41.0 Å². The fourth-order valence-electron chi connectivity index (χ4n) is 2.01. The molecule has 0 amide bonds. The lowest BCUT2D eigenvalue weighted by Gasteiger charge is -2.04. The van der Waals surface area contributed by atoms with Crippen LogP contribution >= 0.6 is 15.9 Å². The maximum atomic E-state index is 9.16. The lowest BCUT2D eigenvalue weighted by molar-refractivity contribution is 0.867. The summed E-state index contributed by atoms with van der Waals surface area (Å²) in [5.74, 6) is 0.747. The van der Waals surface area contributed by atoms with Gasteiger partial charge in [-0.1, -0.05) is 22.0 Å². The van der Waals surface area contributed by atoms with E-state index in [0.717, 1.165) is 26.9 Å². The van der Waals surface area contributed by atoms with Crippen molar-refractivity contribution < 1.29 is 0 Å². The summed E-state index contributed by atoms with van der Waals surface area (Å²) >= 11 is 3.42. The van der Waals surface area contributed by atoms with Gasteiger partial charge in [0.25, 0.3) is 0 Å². The highest BCUT2D eigenvalue weighted by Gasteiger charge is 2.10. The van der Waals surface area contributed by atoms with Crippen LogP contribution in [0.25, 0.3) is 16.7 Å². The first-order valence-corrected chi connectivity index (χ1v) is 6.50. The quantitative estimate of drug-likeness (QED) is 0.692. The molecule has 19 heavy (non-hydrogen) atoms. The first-order valence-electron chi connectivity index (χ1n) is 5.70. The van der Waals surface area contributed by atoms with Gasteiger partial charge in [-0.15, -0.1) is 0 Å². The highest BCUT2D eigenvalue weighted by atomic mass is 79.9. The van der Waals surface area contributed by atoms with Crippen LogP contribution in [0.2, 0.25) is 0 Å². The molecule has 0 N–H and O–H groups in total. The molecule has 0 spiro atoms. The number of nitriles is 1. The summed E-state index contributed by atoms with van der Waals surface area (Å²) in [7, 11) is 0. The number of benzene rings is 1. The van der Waals surface area contributed by atoms with Gasteiger partial charge in [-0.3, -0.25) is 0 Å². The Morgan fingerprint density at radius 3 is 2.89 bits per heavy atom. The molecule has 0 radical (unpaired) electrons. The number of nitrogens with zero attached hydrogens (tertiary/aromatic N) is 4. The summed E-state index contributed by atoms with van der Waals surface area (Å²) < 4.78 is 2.60. The average Bonchev–Trinajstić information content (AvgIpc) is 2.81. The lowest BCUT2D eigenvalue weighted by Crippen LogP contribution is -2.00. The number of aryl methyl sites for hydroxylation is 1. The van der Waals surface area contributed by atoms with E-state index in [1.807, 2.05) is 31.2 Å². The summed E-state index contributed by atoms with van der Waals surface area (Å²) in [4.78, 5) is 4.45. The van der Waals surface area contributed by atoms with Gasteiger partial charge in [0.2, 0.25) is 0 Å². The first kappa shape index (κ1) is 11.9. The normalized spacial score (nSPS) is 10.6. The van der Waals surface area contributed by atoms with E-state index >= 15 is 0 Å². The fraction of sp³-hybridized carbons (Fsp3) is 0.0714. The zero-order chi connectivity index (χ0) is 13.4. The SMILES string of the molecule is Cc1cccc(-n2ncc3c(C#N)cc(Br)cc32)n1. The molecule has 2 heterocycles. The van der Waals surface area contributed by atoms with Crippen LogP contribution in [0.5, 0.6) is 0 Å². The zero-order valence-electron chi connectivity index (χ0n) is 10.1. The van der Waals surface area contributed by atoms with Crippen LogP contribution in [-0.2, 0) is 0 Å². The molecule has 0 saturated heterocycles. The van der Waals surface area contributed by atoms with Crippen molar-refractivity contribution in [1.82, 2.24) is 14.8 Å². The van der Waals surface area contributed by atoms with Crippen molar-refractivity contribution in [3.8, 4) is 11.9 Å². The van der Waals surface area contributed by atoms with E-state index in [4.69, 9.17) is 5.26 Å². The Bertz CT molecular complexity index is 814. The maximum Gasteiger partial charge on any atom is 0.154 e. The number of aromatic nitrogens is 3. The van der Waals surface area contributed by atoms with Crippen molar-refractivity contribution in [2.45, 2.75) is 6.92 Å². The largest absolute Gasteiger partial charge is 0.234 e. The molecule has 0 saturated carbocycles. The van der Waals surface area contributed by atoms with Crippen molar-refractivity contribution in [3.63, 3.8) is 0 Å². The molecule has 3 rings (SSSR count). The number of fused-ring (bicyclic) bond motifs is 1. The van der Waals surface area contributed by atoms with E-state index < -0.39 is 0 Å².